The molecule has 0 bridgehead atoms. The molecule has 0 saturated carbocycles. The van der Waals surface area contributed by atoms with Crippen molar-refractivity contribution in [3.05, 3.63) is 0 Å². The van der Waals surface area contributed by atoms with Gasteiger partial charge >= 0.3 is 5.97 Å². The summed E-state index contributed by atoms with van der Waals surface area (Å²) in [7, 11) is 0. The van der Waals surface area contributed by atoms with Crippen molar-refractivity contribution in [2.24, 2.45) is 15.8 Å². The Hall–Kier alpha value is -2.01. The normalized spacial score (nSPS) is 12.8. The van der Waals surface area contributed by atoms with Crippen LogP contribution in [-0.4, -0.2) is 35.4 Å². The first kappa shape index (κ1) is 14.0. The number of aliphatic imine (C=N–C) groups is 1. The third-order valence-corrected chi connectivity index (χ3v) is 1.78. The number of aliphatic carboxylic acids is 1. The lowest BCUT2D eigenvalue weighted by Crippen LogP contribution is -2.30. The smallest absolute Gasteiger partial charge is 0.320 e. The van der Waals surface area contributed by atoms with Gasteiger partial charge < -0.3 is 10.8 Å². The number of hydrogen-bond donors (Lipinski definition) is 3. The van der Waals surface area contributed by atoms with Gasteiger partial charge in [0.15, 0.2) is 0 Å². The lowest BCUT2D eigenvalue weighted by atomic mass is 10.1. The number of carbonyl (C=O) groups is 1. The van der Waals surface area contributed by atoms with E-state index in [1.165, 1.54) is 12.2 Å². The molecule has 1 unspecified atom stereocenters. The van der Waals surface area contributed by atoms with Gasteiger partial charge in [-0.1, -0.05) is 5.10 Å². The van der Waals surface area contributed by atoms with E-state index in [0.717, 1.165) is 0 Å². The third-order valence-electron chi connectivity index (χ3n) is 1.78. The summed E-state index contributed by atoms with van der Waals surface area (Å²) in [5, 5.41) is 11.5. The molecule has 8 nitrogen and oxygen atoms in total. The molecule has 0 rings (SSSR count). The summed E-state index contributed by atoms with van der Waals surface area (Å²) in [6.07, 6.45) is 2.82. The maximum Gasteiger partial charge on any atom is 0.320 e. The zero-order chi connectivity index (χ0) is 12.4. The van der Waals surface area contributed by atoms with Crippen LogP contribution in [0.4, 0.5) is 0 Å². The molecule has 0 heterocycles. The van der Waals surface area contributed by atoms with E-state index < -0.39 is 18.2 Å². The standard InChI is InChI=1S/C8H12N4O4/c9-6(8(15)16)2-1-3-7(10-4-13)12-11-5-14/h6-7,12H,1-3,9H2,(H,15,16)/t6-,7?/m0/s1. The number of hydrogen-bond acceptors (Lipinski definition) is 7. The molecule has 4 N–H and O–H groups in total. The molecule has 0 aliphatic carbocycles. The molecule has 0 aromatic heterocycles. The first-order chi connectivity index (χ1) is 7.61. The zero-order valence-corrected chi connectivity index (χ0v) is 8.42. The number of hydrazone groups is 1. The largest absolute Gasteiger partial charge is 0.480 e. The number of nitrogens with one attached hydrogen (secondary N) is 1. The Labute approximate surface area is 91.2 Å². The van der Waals surface area contributed by atoms with Gasteiger partial charge in [-0.15, -0.1) is 0 Å². The van der Waals surface area contributed by atoms with Crippen molar-refractivity contribution in [2.45, 2.75) is 31.5 Å². The minimum atomic E-state index is -1.09. The molecule has 0 amide bonds. The van der Waals surface area contributed by atoms with Crippen LogP contribution < -0.4 is 11.2 Å². The molecule has 0 aromatic rings. The van der Waals surface area contributed by atoms with Crippen molar-refractivity contribution < 1.29 is 19.5 Å². The van der Waals surface area contributed by atoms with Gasteiger partial charge in [-0.2, -0.15) is 4.99 Å². The van der Waals surface area contributed by atoms with E-state index in [-0.39, 0.29) is 6.42 Å². The topological polar surface area (TPSA) is 134 Å². The number of rotatable bonds is 8. The average Bonchev–Trinajstić information content (AvgIpc) is 2.25. The number of carboxylic acids is 1. The highest BCUT2D eigenvalue weighted by atomic mass is 16.4. The molecule has 0 radical (unpaired) electrons. The van der Waals surface area contributed by atoms with E-state index in [9.17, 15) is 14.4 Å². The molecule has 0 aliphatic rings. The predicted octanol–water partition coefficient (Wildman–Crippen LogP) is -0.929. The van der Waals surface area contributed by atoms with Crippen molar-refractivity contribution in [1.29, 1.82) is 0 Å². The second kappa shape index (κ2) is 8.31. The summed E-state index contributed by atoms with van der Waals surface area (Å²) in [5.74, 6) is -1.09. The van der Waals surface area contributed by atoms with Gasteiger partial charge in [-0.05, 0) is 19.3 Å². The molecular formula is C8H12N4O4. The molecule has 0 aromatic carbocycles. The van der Waals surface area contributed by atoms with Crippen molar-refractivity contribution in [1.82, 2.24) is 5.43 Å². The van der Waals surface area contributed by atoms with E-state index in [4.69, 9.17) is 10.8 Å². The van der Waals surface area contributed by atoms with Crippen molar-refractivity contribution >= 4 is 18.1 Å². The van der Waals surface area contributed by atoms with Crippen LogP contribution in [-0.2, 0) is 14.4 Å². The first-order valence-corrected chi connectivity index (χ1v) is 4.49. The molecule has 0 aliphatic heterocycles. The van der Waals surface area contributed by atoms with Crippen LogP contribution in [0.15, 0.2) is 10.1 Å². The van der Waals surface area contributed by atoms with E-state index in [1.807, 2.05) is 0 Å². The van der Waals surface area contributed by atoms with Gasteiger partial charge in [0.1, 0.15) is 12.2 Å². The van der Waals surface area contributed by atoms with Gasteiger partial charge in [0.2, 0.25) is 6.08 Å². The van der Waals surface area contributed by atoms with Crippen molar-refractivity contribution in [2.75, 3.05) is 0 Å². The Morgan fingerprint density at radius 2 is 2.06 bits per heavy atom. The fourth-order valence-electron chi connectivity index (χ4n) is 0.977. The van der Waals surface area contributed by atoms with Crippen LogP contribution in [0.2, 0.25) is 0 Å². The fourth-order valence-corrected chi connectivity index (χ4v) is 0.977. The van der Waals surface area contributed by atoms with Crippen LogP contribution in [0.3, 0.4) is 0 Å². The zero-order valence-electron chi connectivity index (χ0n) is 8.42. The van der Waals surface area contributed by atoms with Crippen molar-refractivity contribution in [3.63, 3.8) is 0 Å². The summed E-state index contributed by atoms with van der Waals surface area (Å²) in [6.45, 7) is 0. The van der Waals surface area contributed by atoms with Crippen LogP contribution in [0, 0.1) is 0 Å². The fraction of sp³-hybridized carbons (Fsp3) is 0.625. The van der Waals surface area contributed by atoms with Crippen LogP contribution in [0.5, 0.6) is 0 Å². The van der Waals surface area contributed by atoms with Gasteiger partial charge in [0, 0.05) is 0 Å². The molecule has 2 atom stereocenters. The minimum absolute atomic E-state index is 0.243. The van der Waals surface area contributed by atoms with E-state index >= 15 is 0 Å². The SMILES string of the molecule is N[C@@H](CCCC(N=C=O)NN=C=O)C(=O)O. The first-order valence-electron chi connectivity index (χ1n) is 4.49. The highest BCUT2D eigenvalue weighted by Gasteiger charge is 2.12. The van der Waals surface area contributed by atoms with Gasteiger partial charge in [0.25, 0.3) is 6.08 Å². The highest BCUT2D eigenvalue weighted by Crippen LogP contribution is 2.04. The van der Waals surface area contributed by atoms with Gasteiger partial charge in [-0.3, -0.25) is 10.2 Å². The second-order valence-corrected chi connectivity index (χ2v) is 2.94. The van der Waals surface area contributed by atoms with Crippen LogP contribution in [0.1, 0.15) is 19.3 Å². The monoisotopic (exact) mass is 228 g/mol. The molecular weight excluding hydrogens is 216 g/mol. The van der Waals surface area contributed by atoms with Gasteiger partial charge in [-0.25, -0.2) is 9.59 Å². The molecule has 8 heteroatoms. The minimum Gasteiger partial charge on any atom is -0.480 e. The Balaban J connectivity index is 3.97. The summed E-state index contributed by atoms with van der Waals surface area (Å²) < 4.78 is 0. The Morgan fingerprint density at radius 1 is 1.38 bits per heavy atom. The maximum atomic E-state index is 10.4. The van der Waals surface area contributed by atoms with Crippen molar-refractivity contribution in [3.8, 4) is 0 Å². The number of isocyanates is 2. The predicted molar refractivity (Wildman–Crippen MR) is 52.6 cm³/mol. The average molecular weight is 228 g/mol. The van der Waals surface area contributed by atoms with Crippen LogP contribution in [0.25, 0.3) is 0 Å². The van der Waals surface area contributed by atoms with Gasteiger partial charge in [0.05, 0.1) is 0 Å². The summed E-state index contributed by atoms with van der Waals surface area (Å²) in [4.78, 5) is 33.5. The Morgan fingerprint density at radius 3 is 2.56 bits per heavy atom. The lowest BCUT2D eigenvalue weighted by molar-refractivity contribution is -0.138. The molecule has 0 fully saturated rings. The van der Waals surface area contributed by atoms with E-state index in [1.54, 1.807) is 0 Å². The summed E-state index contributed by atoms with van der Waals surface area (Å²) in [5.41, 5.74) is 7.52. The highest BCUT2D eigenvalue weighted by molar-refractivity contribution is 5.72. The maximum absolute atomic E-state index is 10.4. The molecule has 88 valence electrons. The lowest BCUT2D eigenvalue weighted by Gasteiger charge is -2.10. The second-order valence-electron chi connectivity index (χ2n) is 2.94. The number of carboxylic acid groups (broad SMARTS) is 1. The van der Waals surface area contributed by atoms with E-state index in [0.29, 0.717) is 12.8 Å². The summed E-state index contributed by atoms with van der Waals surface area (Å²) >= 11 is 0. The Bertz CT molecular complexity index is 320. The molecule has 16 heavy (non-hydrogen) atoms. The molecule has 0 saturated heterocycles. The number of nitrogens with two attached hydrogens (primary N) is 1. The quantitative estimate of drug-likeness (QED) is 0.279. The molecule has 0 spiro atoms. The van der Waals surface area contributed by atoms with Crippen LogP contribution >= 0.6 is 0 Å². The Kier molecular flexibility index (Phi) is 7.27. The number of nitrogens with zero attached hydrogens (tertiary/aromatic N) is 2. The third kappa shape index (κ3) is 6.44. The number of carbonyl (C=O) groups excluding carboxylic acids is 2. The summed E-state index contributed by atoms with van der Waals surface area (Å²) in [6, 6.07) is -0.949. The van der Waals surface area contributed by atoms with E-state index in [2.05, 4.69) is 15.5 Å².